The van der Waals surface area contributed by atoms with Gasteiger partial charge in [0.2, 0.25) is 0 Å². The van der Waals surface area contributed by atoms with Crippen LogP contribution >= 0.6 is 0 Å². The van der Waals surface area contributed by atoms with Gasteiger partial charge in [-0.15, -0.1) is 0 Å². The smallest absolute Gasteiger partial charge is 0.138 e. The Morgan fingerprint density at radius 1 is 0.519 bits per heavy atom. The van der Waals surface area contributed by atoms with Gasteiger partial charge in [-0.25, -0.2) is 4.99 Å². The molecule has 258 valence electrons. The van der Waals surface area contributed by atoms with Gasteiger partial charge in [-0.1, -0.05) is 159 Å². The summed E-state index contributed by atoms with van der Waals surface area (Å²) in [5.41, 5.74) is 16.4. The molecule has 0 saturated heterocycles. The van der Waals surface area contributed by atoms with E-state index in [-0.39, 0.29) is 5.41 Å². The molecule has 0 unspecified atom stereocenters. The Hall–Kier alpha value is -6.71. The average molecular weight is 694 g/mol. The maximum atomic E-state index is 5.42. The zero-order chi connectivity index (χ0) is 36.2. The highest BCUT2D eigenvalue weighted by Crippen LogP contribution is 2.51. The molecule has 3 heteroatoms. The lowest BCUT2D eigenvalue weighted by atomic mass is 9.81. The number of rotatable bonds is 5. The zero-order valence-corrected chi connectivity index (χ0v) is 30.4. The summed E-state index contributed by atoms with van der Waals surface area (Å²) in [6.45, 7) is 4.72. The Bertz CT molecular complexity index is 2820. The van der Waals surface area contributed by atoms with E-state index in [9.17, 15) is 0 Å². The molecule has 0 spiro atoms. The average Bonchev–Trinajstić information content (AvgIpc) is 3.67. The molecule has 1 N–H and O–H groups in total. The second kappa shape index (κ2) is 12.8. The number of para-hydroxylation sites is 2. The fraction of sp³-hybridized carbons (Fsp3) is 0.0784. The number of hydrogen-bond acceptors (Lipinski definition) is 2. The van der Waals surface area contributed by atoms with Crippen molar-refractivity contribution in [2.24, 2.45) is 4.99 Å². The van der Waals surface area contributed by atoms with Crippen molar-refractivity contribution in [3.8, 4) is 27.9 Å². The van der Waals surface area contributed by atoms with Crippen LogP contribution in [0.3, 0.4) is 0 Å². The van der Waals surface area contributed by atoms with Crippen molar-refractivity contribution in [3.05, 3.63) is 210 Å². The van der Waals surface area contributed by atoms with Gasteiger partial charge in [-0.3, -0.25) is 0 Å². The molecule has 0 saturated carbocycles. The first-order valence-corrected chi connectivity index (χ1v) is 18.8. The fourth-order valence-electron chi connectivity index (χ4n) is 8.56. The highest BCUT2D eigenvalue weighted by molar-refractivity contribution is 6.13. The van der Waals surface area contributed by atoms with Crippen LogP contribution in [0.1, 0.15) is 48.1 Å². The van der Waals surface area contributed by atoms with Crippen LogP contribution in [-0.2, 0) is 5.41 Å². The first-order chi connectivity index (χ1) is 26.5. The number of fused-ring (bicyclic) bond motifs is 6. The van der Waals surface area contributed by atoms with Crippen molar-refractivity contribution in [2.45, 2.75) is 25.7 Å². The van der Waals surface area contributed by atoms with E-state index < -0.39 is 0 Å². The Labute approximate surface area is 316 Å². The van der Waals surface area contributed by atoms with Crippen LogP contribution in [-0.4, -0.2) is 10.4 Å². The summed E-state index contributed by atoms with van der Waals surface area (Å²) in [6, 6.07) is 61.2. The first-order valence-electron chi connectivity index (χ1n) is 18.8. The van der Waals surface area contributed by atoms with E-state index in [1.807, 2.05) is 0 Å². The van der Waals surface area contributed by atoms with Crippen molar-refractivity contribution in [1.29, 1.82) is 0 Å². The molecule has 0 amide bonds. The molecule has 0 atom stereocenters. The Morgan fingerprint density at radius 2 is 1.19 bits per heavy atom. The molecule has 0 fully saturated rings. The van der Waals surface area contributed by atoms with E-state index in [0.717, 1.165) is 40.3 Å². The van der Waals surface area contributed by atoms with Crippen molar-refractivity contribution >= 4 is 39.0 Å². The minimum Gasteiger partial charge on any atom is -0.339 e. The summed E-state index contributed by atoms with van der Waals surface area (Å²) >= 11 is 0. The van der Waals surface area contributed by atoms with E-state index in [2.05, 4.69) is 206 Å². The third-order valence-corrected chi connectivity index (χ3v) is 11.2. The number of amidine groups is 1. The summed E-state index contributed by atoms with van der Waals surface area (Å²) in [7, 11) is 0. The number of hydrogen-bond donors (Lipinski definition) is 1. The zero-order valence-electron chi connectivity index (χ0n) is 30.4. The number of aliphatic imine (C=N–C) groups is 1. The lowest BCUT2D eigenvalue weighted by Crippen LogP contribution is -2.25. The second-order valence-corrected chi connectivity index (χ2v) is 14.8. The molecule has 2 aliphatic rings. The van der Waals surface area contributed by atoms with E-state index >= 15 is 0 Å². The minimum atomic E-state index is -0.206. The van der Waals surface area contributed by atoms with Gasteiger partial charge in [-0.05, 0) is 87.3 Å². The van der Waals surface area contributed by atoms with Crippen LogP contribution < -0.4 is 5.32 Å². The molecule has 2 heterocycles. The van der Waals surface area contributed by atoms with Gasteiger partial charge in [0.25, 0.3) is 0 Å². The van der Waals surface area contributed by atoms with Crippen molar-refractivity contribution in [1.82, 2.24) is 9.88 Å². The van der Waals surface area contributed by atoms with Gasteiger partial charge in [-0.2, -0.15) is 0 Å². The highest BCUT2D eigenvalue weighted by atomic mass is 15.0. The van der Waals surface area contributed by atoms with Gasteiger partial charge >= 0.3 is 0 Å². The van der Waals surface area contributed by atoms with Crippen molar-refractivity contribution < 1.29 is 0 Å². The Kier molecular flexibility index (Phi) is 7.55. The van der Waals surface area contributed by atoms with Gasteiger partial charge < -0.3 is 9.88 Å². The predicted molar refractivity (Wildman–Crippen MR) is 227 cm³/mol. The van der Waals surface area contributed by atoms with E-state index in [0.29, 0.717) is 0 Å². The van der Waals surface area contributed by atoms with E-state index in [1.165, 1.54) is 60.9 Å². The maximum Gasteiger partial charge on any atom is 0.138 e. The molecular weight excluding hydrogens is 655 g/mol. The summed E-state index contributed by atoms with van der Waals surface area (Å²) in [5.74, 6) is 0.852. The lowest BCUT2D eigenvalue weighted by Gasteiger charge is -2.23. The molecule has 1 aliphatic heterocycles. The fourth-order valence-corrected chi connectivity index (χ4v) is 8.56. The third-order valence-electron chi connectivity index (χ3n) is 11.2. The van der Waals surface area contributed by atoms with Crippen LogP contribution in [0.4, 0.5) is 0 Å². The number of nitrogens with zero attached hydrogens (tertiary/aromatic N) is 2. The van der Waals surface area contributed by atoms with Gasteiger partial charge in [0, 0.05) is 33.1 Å². The van der Waals surface area contributed by atoms with Crippen LogP contribution in [0.2, 0.25) is 0 Å². The van der Waals surface area contributed by atoms with Crippen LogP contribution in [0.25, 0.3) is 61.1 Å². The summed E-state index contributed by atoms with van der Waals surface area (Å²) < 4.78 is 2.38. The number of allylic oxidation sites excluding steroid dienone is 2. The van der Waals surface area contributed by atoms with E-state index in [1.54, 1.807) is 0 Å². The van der Waals surface area contributed by atoms with Gasteiger partial charge in [0.1, 0.15) is 5.84 Å². The minimum absolute atomic E-state index is 0.206. The van der Waals surface area contributed by atoms with Crippen LogP contribution in [0.5, 0.6) is 0 Å². The third kappa shape index (κ3) is 5.23. The molecule has 8 aromatic rings. The Morgan fingerprint density at radius 3 is 1.98 bits per heavy atom. The topological polar surface area (TPSA) is 29.3 Å². The molecule has 1 aromatic heterocycles. The quantitative estimate of drug-likeness (QED) is 0.191. The molecule has 54 heavy (non-hydrogen) atoms. The SMILES string of the molecule is CC1(C)c2cc(-c3ccc4c(c3)c3ccccc3n4-c3ccccc3)ccc2-c2c(C3=NC(c4ccccc4)=CC/C=C(\c4ccccc4)N3)cccc21. The van der Waals surface area contributed by atoms with Gasteiger partial charge in [0.15, 0.2) is 0 Å². The van der Waals surface area contributed by atoms with Crippen LogP contribution in [0.15, 0.2) is 187 Å². The molecular formula is C51H39N3. The standard InChI is InChI=1S/C51H39N3/c1-51(2)43-24-14-23-41(50-52-45(34-16-6-3-7-17-34)25-15-26-46(53-50)35-18-8-4-9-19-35)49(43)40-30-28-37(33-44(40)51)36-29-31-48-42(32-36)39-22-12-13-27-47(39)54(48)38-20-10-5-11-21-38/h3-14,16-33H,15H2,1-2H3,(H,52,53)/b45-25+,46-26?. The highest BCUT2D eigenvalue weighted by Gasteiger charge is 2.38. The van der Waals surface area contributed by atoms with Gasteiger partial charge in [0.05, 0.1) is 16.7 Å². The van der Waals surface area contributed by atoms with Crippen molar-refractivity contribution in [3.63, 3.8) is 0 Å². The van der Waals surface area contributed by atoms with E-state index in [4.69, 9.17) is 4.99 Å². The lowest BCUT2D eigenvalue weighted by molar-refractivity contribution is 0.660. The summed E-state index contributed by atoms with van der Waals surface area (Å²) in [5, 5.41) is 6.35. The van der Waals surface area contributed by atoms with Crippen LogP contribution in [0, 0.1) is 0 Å². The molecule has 7 aromatic carbocycles. The number of benzene rings is 7. The maximum absolute atomic E-state index is 5.42. The summed E-state index contributed by atoms with van der Waals surface area (Å²) in [4.78, 5) is 5.42. The second-order valence-electron chi connectivity index (χ2n) is 14.8. The monoisotopic (exact) mass is 693 g/mol. The summed E-state index contributed by atoms with van der Waals surface area (Å²) in [6.07, 6.45) is 5.29. The first kappa shape index (κ1) is 32.0. The normalized spacial score (nSPS) is 15.6. The Balaban J connectivity index is 1.11. The molecule has 0 bridgehead atoms. The largest absolute Gasteiger partial charge is 0.339 e. The number of nitrogens with one attached hydrogen (secondary N) is 1. The van der Waals surface area contributed by atoms with Crippen molar-refractivity contribution in [2.75, 3.05) is 0 Å². The molecule has 3 nitrogen and oxygen atoms in total. The predicted octanol–water partition coefficient (Wildman–Crippen LogP) is 12.6. The number of aromatic nitrogens is 1. The molecule has 10 rings (SSSR count). The molecule has 0 radical (unpaired) electrons. The molecule has 1 aliphatic carbocycles.